The molecule has 0 aromatic heterocycles. The fourth-order valence-corrected chi connectivity index (χ4v) is 5.04. The second kappa shape index (κ2) is 10.7. The van der Waals surface area contributed by atoms with Crippen molar-refractivity contribution in [3.8, 4) is 0 Å². The first-order valence-corrected chi connectivity index (χ1v) is 12.2. The molecule has 2 atom stereocenters. The number of carboxylic acid groups (broad SMARTS) is 1. The van der Waals surface area contributed by atoms with E-state index in [2.05, 4.69) is 10.3 Å². The lowest BCUT2D eigenvalue weighted by molar-refractivity contribution is -0.385. The summed E-state index contributed by atoms with van der Waals surface area (Å²) in [5, 5.41) is 23.7. The van der Waals surface area contributed by atoms with Gasteiger partial charge in [0, 0.05) is 24.4 Å². The molecule has 13 heteroatoms. The number of carbonyl (C=O) groups is 2. The molecule has 3 rings (SSSR count). The maximum absolute atomic E-state index is 13.3. The zero-order valence-electron chi connectivity index (χ0n) is 18.6. The SMILES string of the molecule is CC1=NC(=O)N(CCCNCS(=O)(=O)c2cccc(F)c2)C(c2cccc([N+](=O)[O-])c2)C1C(=O)O. The van der Waals surface area contributed by atoms with E-state index in [1.165, 1.54) is 48.2 Å². The smallest absolute Gasteiger partial charge is 0.344 e. The number of carbonyl (C=O) groups excluding carboxylic acids is 1. The number of carboxylic acids is 1. The van der Waals surface area contributed by atoms with Gasteiger partial charge < -0.3 is 15.3 Å². The molecule has 1 aliphatic rings. The molecule has 0 spiro atoms. The highest BCUT2D eigenvalue weighted by molar-refractivity contribution is 7.91. The number of hydrogen-bond donors (Lipinski definition) is 2. The number of hydrogen-bond acceptors (Lipinski definition) is 7. The van der Waals surface area contributed by atoms with E-state index in [-0.39, 0.29) is 41.4 Å². The first-order chi connectivity index (χ1) is 16.5. The average Bonchev–Trinajstić information content (AvgIpc) is 2.79. The number of sulfone groups is 1. The Morgan fingerprint density at radius 1 is 1.26 bits per heavy atom. The van der Waals surface area contributed by atoms with Crippen LogP contribution >= 0.6 is 0 Å². The number of nitrogens with one attached hydrogen (secondary N) is 1. The van der Waals surface area contributed by atoms with Gasteiger partial charge in [-0.15, -0.1) is 0 Å². The number of urea groups is 1. The maximum atomic E-state index is 13.3. The minimum Gasteiger partial charge on any atom is -0.481 e. The van der Waals surface area contributed by atoms with Crippen molar-refractivity contribution in [3.05, 3.63) is 70.0 Å². The molecule has 186 valence electrons. The van der Waals surface area contributed by atoms with Crippen LogP contribution in [0.5, 0.6) is 0 Å². The van der Waals surface area contributed by atoms with Gasteiger partial charge in [-0.1, -0.05) is 18.2 Å². The summed E-state index contributed by atoms with van der Waals surface area (Å²) in [6.45, 7) is 1.57. The highest BCUT2D eigenvalue weighted by atomic mass is 32.2. The Balaban J connectivity index is 1.74. The number of amides is 2. The molecule has 0 bridgehead atoms. The quantitative estimate of drug-likeness (QED) is 0.283. The highest BCUT2D eigenvalue weighted by Gasteiger charge is 2.42. The van der Waals surface area contributed by atoms with Crippen molar-refractivity contribution >= 4 is 33.2 Å². The number of non-ortho nitro benzene ring substituents is 1. The summed E-state index contributed by atoms with van der Waals surface area (Å²) >= 11 is 0. The standard InChI is InChI=1S/C22H23FN4O7S/c1-14-19(21(28)29)20(15-5-2-7-17(11-15)27(31)32)26(22(30)25-14)10-4-9-24-13-35(33,34)18-8-3-6-16(23)12-18/h2-3,5-8,11-12,19-20,24H,4,9-10,13H2,1H3,(H,28,29). The van der Waals surface area contributed by atoms with Gasteiger partial charge in [0.25, 0.3) is 5.69 Å². The normalized spacial score (nSPS) is 18.3. The summed E-state index contributed by atoms with van der Waals surface area (Å²) in [7, 11) is -3.79. The second-order valence-electron chi connectivity index (χ2n) is 7.91. The Morgan fingerprint density at radius 3 is 2.63 bits per heavy atom. The van der Waals surface area contributed by atoms with E-state index in [0.717, 1.165) is 12.1 Å². The van der Waals surface area contributed by atoms with Gasteiger partial charge >= 0.3 is 12.0 Å². The average molecular weight is 507 g/mol. The molecule has 0 saturated heterocycles. The minimum atomic E-state index is -3.79. The molecule has 2 aromatic rings. The first-order valence-electron chi connectivity index (χ1n) is 10.5. The summed E-state index contributed by atoms with van der Waals surface area (Å²) in [5.74, 6) is -3.59. The van der Waals surface area contributed by atoms with E-state index in [4.69, 9.17) is 0 Å². The Labute approximate surface area is 200 Å². The van der Waals surface area contributed by atoms with E-state index in [0.29, 0.717) is 0 Å². The molecule has 0 aliphatic carbocycles. The van der Waals surface area contributed by atoms with E-state index >= 15 is 0 Å². The Morgan fingerprint density at radius 2 is 1.97 bits per heavy atom. The Bertz CT molecular complexity index is 1280. The lowest BCUT2D eigenvalue weighted by Crippen LogP contribution is -2.47. The van der Waals surface area contributed by atoms with Gasteiger partial charge in [0.05, 0.1) is 15.9 Å². The van der Waals surface area contributed by atoms with Gasteiger partial charge in [-0.2, -0.15) is 0 Å². The van der Waals surface area contributed by atoms with Crippen molar-refractivity contribution in [2.24, 2.45) is 10.9 Å². The molecular weight excluding hydrogens is 483 g/mol. The maximum Gasteiger partial charge on any atom is 0.344 e. The lowest BCUT2D eigenvalue weighted by Gasteiger charge is -2.37. The zero-order valence-corrected chi connectivity index (χ0v) is 19.4. The van der Waals surface area contributed by atoms with Crippen molar-refractivity contribution in [1.82, 2.24) is 10.2 Å². The van der Waals surface area contributed by atoms with E-state index < -0.39 is 50.4 Å². The minimum absolute atomic E-state index is 0.0137. The summed E-state index contributed by atoms with van der Waals surface area (Å²) < 4.78 is 38.0. The zero-order chi connectivity index (χ0) is 25.8. The largest absolute Gasteiger partial charge is 0.481 e. The van der Waals surface area contributed by atoms with Crippen molar-refractivity contribution in [3.63, 3.8) is 0 Å². The monoisotopic (exact) mass is 506 g/mol. The molecule has 0 fully saturated rings. The number of halogens is 1. The van der Waals surface area contributed by atoms with Crippen LogP contribution < -0.4 is 5.32 Å². The number of aliphatic imine (C=N–C) groups is 1. The van der Waals surface area contributed by atoms with Crippen LogP contribution in [0.25, 0.3) is 0 Å². The predicted octanol–water partition coefficient (Wildman–Crippen LogP) is 2.78. The van der Waals surface area contributed by atoms with Crippen molar-refractivity contribution in [2.45, 2.75) is 24.3 Å². The third-order valence-corrected chi connectivity index (χ3v) is 7.06. The van der Waals surface area contributed by atoms with E-state index in [1.807, 2.05) is 0 Å². The van der Waals surface area contributed by atoms with Crippen LogP contribution in [-0.2, 0) is 14.6 Å². The first kappa shape index (κ1) is 25.9. The van der Waals surface area contributed by atoms with Crippen LogP contribution in [0.1, 0.15) is 24.9 Å². The summed E-state index contributed by atoms with van der Waals surface area (Å²) in [6.07, 6.45) is 0.233. The second-order valence-corrected chi connectivity index (χ2v) is 9.90. The molecule has 35 heavy (non-hydrogen) atoms. The number of aliphatic carboxylic acids is 1. The van der Waals surface area contributed by atoms with Crippen molar-refractivity contribution < 1.29 is 32.4 Å². The summed E-state index contributed by atoms with van der Waals surface area (Å²) in [6, 6.07) is 8.31. The fraction of sp³-hybridized carbons (Fsp3) is 0.318. The van der Waals surface area contributed by atoms with Gasteiger partial charge in [-0.3, -0.25) is 14.9 Å². The van der Waals surface area contributed by atoms with Gasteiger partial charge in [-0.05, 0) is 43.7 Å². The number of benzene rings is 2. The van der Waals surface area contributed by atoms with Gasteiger partial charge in [0.15, 0.2) is 9.84 Å². The van der Waals surface area contributed by atoms with Gasteiger partial charge in [0.1, 0.15) is 17.6 Å². The van der Waals surface area contributed by atoms with E-state index in [9.17, 15) is 37.6 Å². The molecule has 2 N–H and O–H groups in total. The summed E-state index contributed by atoms with van der Waals surface area (Å²) in [4.78, 5) is 40.2. The number of nitro benzene ring substituents is 1. The van der Waals surface area contributed by atoms with E-state index in [1.54, 1.807) is 0 Å². The van der Waals surface area contributed by atoms with Gasteiger partial charge in [-0.25, -0.2) is 22.6 Å². The Hall–Kier alpha value is -3.71. The number of nitro groups is 1. The van der Waals surface area contributed by atoms with Crippen molar-refractivity contribution in [2.75, 3.05) is 19.0 Å². The van der Waals surface area contributed by atoms with Crippen LogP contribution in [0.4, 0.5) is 14.9 Å². The predicted molar refractivity (Wildman–Crippen MR) is 123 cm³/mol. The molecule has 1 aliphatic heterocycles. The van der Waals surface area contributed by atoms with Crippen LogP contribution in [0.3, 0.4) is 0 Å². The van der Waals surface area contributed by atoms with Crippen LogP contribution in [0.15, 0.2) is 58.4 Å². The van der Waals surface area contributed by atoms with Crippen LogP contribution in [0.2, 0.25) is 0 Å². The summed E-state index contributed by atoms with van der Waals surface area (Å²) in [5.41, 5.74) is 0.105. The number of nitrogens with zero attached hydrogens (tertiary/aromatic N) is 3. The van der Waals surface area contributed by atoms with Gasteiger partial charge in [0.2, 0.25) is 0 Å². The third kappa shape index (κ3) is 6.05. The van der Waals surface area contributed by atoms with Crippen LogP contribution in [0, 0.1) is 21.8 Å². The molecule has 1 heterocycles. The number of rotatable bonds is 10. The molecule has 0 radical (unpaired) electrons. The lowest BCUT2D eigenvalue weighted by atomic mass is 9.86. The van der Waals surface area contributed by atoms with Crippen molar-refractivity contribution in [1.29, 1.82) is 0 Å². The third-order valence-electron chi connectivity index (χ3n) is 5.51. The highest BCUT2D eigenvalue weighted by Crippen LogP contribution is 2.35. The topological polar surface area (TPSA) is 159 Å². The fourth-order valence-electron chi connectivity index (χ4n) is 3.88. The molecule has 0 saturated carbocycles. The van der Waals surface area contributed by atoms with Crippen LogP contribution in [-0.4, -0.2) is 60.0 Å². The molecule has 11 nitrogen and oxygen atoms in total. The Kier molecular flexibility index (Phi) is 7.92. The molecule has 2 unspecified atom stereocenters. The molecule has 2 amide bonds. The molecular formula is C22H23FN4O7S. The molecule has 2 aromatic carbocycles.